The number of hydrogen-bond donors (Lipinski definition) is 3. The molecule has 1 aromatic heterocycles. The number of anilines is 1. The van der Waals surface area contributed by atoms with Gasteiger partial charge in [-0.3, -0.25) is 14.9 Å². The zero-order valence-corrected chi connectivity index (χ0v) is 13.3. The van der Waals surface area contributed by atoms with Gasteiger partial charge in [0, 0.05) is 10.4 Å². The third-order valence-electron chi connectivity index (χ3n) is 3.70. The Bertz CT molecular complexity index is 847. The summed E-state index contributed by atoms with van der Waals surface area (Å²) in [6, 6.07) is 4.30. The molecule has 0 unspecified atom stereocenters. The predicted molar refractivity (Wildman–Crippen MR) is 87.7 cm³/mol. The number of halogens is 1. The van der Waals surface area contributed by atoms with Crippen molar-refractivity contribution >= 4 is 34.2 Å². The summed E-state index contributed by atoms with van der Waals surface area (Å²) in [5.74, 6) is -1.69. The molecule has 4 amide bonds. The van der Waals surface area contributed by atoms with Crippen LogP contribution in [0.2, 0.25) is 0 Å². The number of hydrogen-bond acceptors (Lipinski definition) is 4. The minimum atomic E-state index is -0.958. The first-order valence-electron chi connectivity index (χ1n) is 7.28. The molecule has 1 aliphatic rings. The maximum atomic E-state index is 13.3. The van der Waals surface area contributed by atoms with E-state index < -0.39 is 23.7 Å². The summed E-state index contributed by atoms with van der Waals surface area (Å²) >= 11 is 1.29. The number of rotatable bonds is 3. The van der Waals surface area contributed by atoms with Gasteiger partial charge in [-0.25, -0.2) is 9.18 Å². The second-order valence-corrected chi connectivity index (χ2v) is 6.45. The first kappa shape index (κ1) is 16.1. The zero-order valence-electron chi connectivity index (χ0n) is 12.5. The lowest BCUT2D eigenvalue weighted by Gasteiger charge is -2.08. The Hall–Kier alpha value is -2.74. The fourth-order valence-corrected chi connectivity index (χ4v) is 3.99. The van der Waals surface area contributed by atoms with Crippen molar-refractivity contribution in [2.24, 2.45) is 5.73 Å². The summed E-state index contributed by atoms with van der Waals surface area (Å²) < 4.78 is 13.3. The van der Waals surface area contributed by atoms with Gasteiger partial charge in [0.05, 0.1) is 5.56 Å². The third kappa shape index (κ3) is 3.13. The average molecular weight is 347 g/mol. The van der Waals surface area contributed by atoms with Crippen molar-refractivity contribution in [1.29, 1.82) is 0 Å². The highest BCUT2D eigenvalue weighted by atomic mass is 32.1. The van der Waals surface area contributed by atoms with Gasteiger partial charge in [-0.05, 0) is 43.0 Å². The van der Waals surface area contributed by atoms with E-state index >= 15 is 0 Å². The molecule has 0 saturated carbocycles. The lowest BCUT2D eigenvalue weighted by molar-refractivity contribution is 0.0966. The van der Waals surface area contributed by atoms with Crippen molar-refractivity contribution in [3.05, 3.63) is 51.7 Å². The molecular weight excluding hydrogens is 333 g/mol. The number of carbonyl (C=O) groups excluding carboxylic acids is 3. The molecule has 0 fully saturated rings. The minimum Gasteiger partial charge on any atom is -0.351 e. The smallest absolute Gasteiger partial charge is 0.319 e. The molecule has 0 saturated heterocycles. The van der Waals surface area contributed by atoms with Crippen LogP contribution in [0.25, 0.3) is 0 Å². The van der Waals surface area contributed by atoms with Crippen molar-refractivity contribution in [2.75, 3.05) is 5.32 Å². The molecule has 2 aromatic rings. The van der Waals surface area contributed by atoms with E-state index in [9.17, 15) is 18.8 Å². The molecule has 0 radical (unpaired) electrons. The molecule has 0 atom stereocenters. The van der Waals surface area contributed by atoms with Gasteiger partial charge in [-0.2, -0.15) is 0 Å². The molecule has 1 aliphatic carbocycles. The molecule has 24 heavy (non-hydrogen) atoms. The number of fused-ring (bicyclic) bond motifs is 1. The quantitative estimate of drug-likeness (QED) is 0.795. The van der Waals surface area contributed by atoms with Crippen LogP contribution in [0.3, 0.4) is 0 Å². The molecule has 124 valence electrons. The summed E-state index contributed by atoms with van der Waals surface area (Å²) in [5, 5.41) is 5.01. The van der Waals surface area contributed by atoms with Crippen molar-refractivity contribution < 1.29 is 18.8 Å². The van der Waals surface area contributed by atoms with Crippen molar-refractivity contribution in [3.63, 3.8) is 0 Å². The van der Waals surface area contributed by atoms with Crippen LogP contribution in [0.4, 0.5) is 14.2 Å². The maximum Gasteiger partial charge on any atom is 0.319 e. The number of amides is 4. The normalized spacial score (nSPS) is 12.5. The zero-order chi connectivity index (χ0) is 17.3. The number of urea groups is 1. The van der Waals surface area contributed by atoms with Crippen LogP contribution in [-0.2, 0) is 12.8 Å². The standard InChI is InChI=1S/C16H14FN3O3S/c17-9-4-1-3-8(7-9)13(21)19-15-12(14(22)20-16(18)23)10-5-2-6-11(10)24-15/h1,3-4,7H,2,5-6H2,(H,19,21)(H3,18,20,22,23). The Balaban J connectivity index is 1.92. The lowest BCUT2D eigenvalue weighted by Crippen LogP contribution is -2.35. The summed E-state index contributed by atoms with van der Waals surface area (Å²) in [4.78, 5) is 36.5. The average Bonchev–Trinajstić information content (AvgIpc) is 3.06. The number of imide groups is 1. The van der Waals surface area contributed by atoms with Crippen LogP contribution in [0.15, 0.2) is 24.3 Å². The van der Waals surface area contributed by atoms with Crippen LogP contribution < -0.4 is 16.4 Å². The predicted octanol–water partition coefficient (Wildman–Crippen LogP) is 2.44. The maximum absolute atomic E-state index is 13.3. The number of nitrogens with two attached hydrogens (primary N) is 1. The number of aryl methyl sites for hydroxylation is 1. The van der Waals surface area contributed by atoms with Crippen molar-refractivity contribution in [2.45, 2.75) is 19.3 Å². The summed E-state index contributed by atoms with van der Waals surface area (Å²) in [7, 11) is 0. The lowest BCUT2D eigenvalue weighted by atomic mass is 10.1. The molecule has 0 aliphatic heterocycles. The SMILES string of the molecule is NC(=O)NC(=O)c1c(NC(=O)c2cccc(F)c2)sc2c1CCC2. The number of benzene rings is 1. The Morgan fingerprint density at radius 1 is 1.17 bits per heavy atom. The van der Waals surface area contributed by atoms with E-state index in [-0.39, 0.29) is 11.1 Å². The van der Waals surface area contributed by atoms with Gasteiger partial charge in [-0.1, -0.05) is 6.07 Å². The van der Waals surface area contributed by atoms with E-state index in [1.54, 1.807) is 0 Å². The van der Waals surface area contributed by atoms with Gasteiger partial charge in [0.2, 0.25) is 0 Å². The van der Waals surface area contributed by atoms with Crippen LogP contribution in [0, 0.1) is 5.82 Å². The Kier molecular flexibility index (Phi) is 4.30. The van der Waals surface area contributed by atoms with E-state index in [0.29, 0.717) is 11.4 Å². The largest absolute Gasteiger partial charge is 0.351 e. The van der Waals surface area contributed by atoms with Crippen LogP contribution in [0.5, 0.6) is 0 Å². The van der Waals surface area contributed by atoms with Crippen LogP contribution in [-0.4, -0.2) is 17.8 Å². The number of carbonyl (C=O) groups is 3. The van der Waals surface area contributed by atoms with Crippen molar-refractivity contribution in [3.8, 4) is 0 Å². The van der Waals surface area contributed by atoms with E-state index in [1.165, 1.54) is 29.5 Å². The fourth-order valence-electron chi connectivity index (χ4n) is 2.71. The van der Waals surface area contributed by atoms with Crippen LogP contribution in [0.1, 0.15) is 37.6 Å². The van der Waals surface area contributed by atoms with Gasteiger partial charge >= 0.3 is 6.03 Å². The number of thiophene rings is 1. The molecule has 4 N–H and O–H groups in total. The third-order valence-corrected chi connectivity index (χ3v) is 4.91. The Labute approximate surface area is 140 Å². The van der Waals surface area contributed by atoms with Gasteiger partial charge < -0.3 is 11.1 Å². The molecule has 0 spiro atoms. The van der Waals surface area contributed by atoms with Gasteiger partial charge in [0.15, 0.2) is 0 Å². The Morgan fingerprint density at radius 2 is 1.96 bits per heavy atom. The Morgan fingerprint density at radius 3 is 2.67 bits per heavy atom. The van der Waals surface area contributed by atoms with E-state index in [2.05, 4.69) is 5.32 Å². The summed E-state index contributed by atoms with van der Waals surface area (Å²) in [6.07, 6.45) is 2.42. The molecule has 1 heterocycles. The highest BCUT2D eigenvalue weighted by molar-refractivity contribution is 7.17. The number of nitrogens with one attached hydrogen (secondary N) is 2. The molecule has 8 heteroatoms. The van der Waals surface area contributed by atoms with Gasteiger partial charge in [0.25, 0.3) is 11.8 Å². The molecule has 3 rings (SSSR count). The van der Waals surface area contributed by atoms with Crippen LogP contribution >= 0.6 is 11.3 Å². The summed E-state index contributed by atoms with van der Waals surface area (Å²) in [5.41, 5.74) is 6.24. The van der Waals surface area contributed by atoms with Gasteiger partial charge in [-0.15, -0.1) is 11.3 Å². The highest BCUT2D eigenvalue weighted by Crippen LogP contribution is 2.39. The molecular formula is C16H14FN3O3S. The second kappa shape index (κ2) is 6.40. The van der Waals surface area contributed by atoms with E-state index in [0.717, 1.165) is 29.3 Å². The summed E-state index contributed by atoms with van der Waals surface area (Å²) in [6.45, 7) is 0. The minimum absolute atomic E-state index is 0.143. The number of primary amides is 1. The van der Waals surface area contributed by atoms with Crippen molar-refractivity contribution in [1.82, 2.24) is 5.32 Å². The molecule has 6 nitrogen and oxygen atoms in total. The molecule has 1 aromatic carbocycles. The second-order valence-electron chi connectivity index (χ2n) is 5.34. The molecule has 0 bridgehead atoms. The monoisotopic (exact) mass is 347 g/mol. The van der Waals surface area contributed by atoms with E-state index in [1.807, 2.05) is 5.32 Å². The topological polar surface area (TPSA) is 101 Å². The van der Waals surface area contributed by atoms with Gasteiger partial charge in [0.1, 0.15) is 10.8 Å². The fraction of sp³-hybridized carbons (Fsp3) is 0.188. The first-order chi connectivity index (χ1) is 11.5. The highest BCUT2D eigenvalue weighted by Gasteiger charge is 2.28. The first-order valence-corrected chi connectivity index (χ1v) is 8.09. The van der Waals surface area contributed by atoms with E-state index in [4.69, 9.17) is 5.73 Å².